The van der Waals surface area contributed by atoms with Gasteiger partial charge in [-0.05, 0) is 60.9 Å². The van der Waals surface area contributed by atoms with Crippen LogP contribution in [0.2, 0.25) is 0 Å². The van der Waals surface area contributed by atoms with Crippen molar-refractivity contribution in [2.75, 3.05) is 18.0 Å². The van der Waals surface area contributed by atoms with E-state index in [-0.39, 0.29) is 15.4 Å². The lowest BCUT2D eigenvalue weighted by atomic mass is 9.97. The van der Waals surface area contributed by atoms with Crippen molar-refractivity contribution in [1.82, 2.24) is 0 Å². The first-order valence-corrected chi connectivity index (χ1v) is 9.33. The number of carboxylic acid groups (broad SMARTS) is 1. The number of nitrogens with zero attached hydrogens (tertiary/aromatic N) is 1. The third-order valence-corrected chi connectivity index (χ3v) is 6.24. The lowest BCUT2D eigenvalue weighted by molar-refractivity contribution is 0.0696. The molecule has 0 saturated carbocycles. The SMILES string of the molecule is CCC1CN(c2ccc(S(=O)(=O)c3ccc(C(=O)O)cc3)cc2)C1. The van der Waals surface area contributed by atoms with Crippen molar-refractivity contribution in [3.63, 3.8) is 0 Å². The fraction of sp³-hybridized carbons (Fsp3) is 0.278. The van der Waals surface area contributed by atoms with E-state index in [1.807, 2.05) is 12.1 Å². The smallest absolute Gasteiger partial charge is 0.335 e. The van der Waals surface area contributed by atoms with Gasteiger partial charge in [0.25, 0.3) is 0 Å². The van der Waals surface area contributed by atoms with Gasteiger partial charge >= 0.3 is 5.97 Å². The molecule has 0 spiro atoms. The van der Waals surface area contributed by atoms with Crippen LogP contribution in [0.5, 0.6) is 0 Å². The number of rotatable bonds is 5. The molecular formula is C18H19NO4S. The monoisotopic (exact) mass is 345 g/mol. The summed E-state index contributed by atoms with van der Waals surface area (Å²) in [5, 5.41) is 8.89. The van der Waals surface area contributed by atoms with Crippen LogP contribution < -0.4 is 4.90 Å². The summed E-state index contributed by atoms with van der Waals surface area (Å²) in [6.45, 7) is 4.20. The lowest BCUT2D eigenvalue weighted by Crippen LogP contribution is -2.46. The molecule has 2 aromatic carbocycles. The molecule has 0 aliphatic carbocycles. The number of hydrogen-bond acceptors (Lipinski definition) is 4. The fourth-order valence-corrected chi connectivity index (χ4v) is 4.05. The normalized spacial score (nSPS) is 15.1. The molecule has 2 aromatic rings. The van der Waals surface area contributed by atoms with Crippen LogP contribution in [0.25, 0.3) is 0 Å². The highest BCUT2D eigenvalue weighted by Crippen LogP contribution is 2.28. The zero-order valence-corrected chi connectivity index (χ0v) is 14.2. The second-order valence-corrected chi connectivity index (χ2v) is 7.96. The Hall–Kier alpha value is -2.34. The third kappa shape index (κ3) is 3.01. The Morgan fingerprint density at radius 2 is 1.54 bits per heavy atom. The van der Waals surface area contributed by atoms with Crippen LogP contribution in [0, 0.1) is 5.92 Å². The summed E-state index contributed by atoms with van der Waals surface area (Å²) in [6.07, 6.45) is 1.16. The van der Waals surface area contributed by atoms with E-state index < -0.39 is 15.8 Å². The predicted octanol–water partition coefficient (Wildman–Crippen LogP) is 3.06. The van der Waals surface area contributed by atoms with E-state index in [9.17, 15) is 13.2 Å². The maximum atomic E-state index is 12.6. The van der Waals surface area contributed by atoms with Crippen LogP contribution in [-0.4, -0.2) is 32.6 Å². The van der Waals surface area contributed by atoms with Crippen molar-refractivity contribution < 1.29 is 18.3 Å². The Morgan fingerprint density at radius 1 is 1.04 bits per heavy atom. The Balaban J connectivity index is 1.81. The van der Waals surface area contributed by atoms with Crippen LogP contribution >= 0.6 is 0 Å². The van der Waals surface area contributed by atoms with Crippen LogP contribution in [0.3, 0.4) is 0 Å². The third-order valence-electron chi connectivity index (χ3n) is 4.46. The van der Waals surface area contributed by atoms with Gasteiger partial charge in [-0.3, -0.25) is 0 Å². The highest BCUT2D eigenvalue weighted by molar-refractivity contribution is 7.91. The van der Waals surface area contributed by atoms with Crippen molar-refractivity contribution in [3.8, 4) is 0 Å². The molecule has 1 heterocycles. The average Bonchev–Trinajstić information content (AvgIpc) is 2.54. The number of aromatic carboxylic acids is 1. The van der Waals surface area contributed by atoms with Gasteiger partial charge in [-0.25, -0.2) is 13.2 Å². The summed E-state index contributed by atoms with van der Waals surface area (Å²) in [6, 6.07) is 12.1. The number of carbonyl (C=O) groups is 1. The molecule has 24 heavy (non-hydrogen) atoms. The van der Waals surface area contributed by atoms with Crippen molar-refractivity contribution >= 4 is 21.5 Å². The first kappa shape index (κ1) is 16.5. The molecule has 1 saturated heterocycles. The molecular weight excluding hydrogens is 326 g/mol. The van der Waals surface area contributed by atoms with Crippen molar-refractivity contribution in [3.05, 3.63) is 54.1 Å². The molecule has 3 rings (SSSR count). The summed E-state index contributed by atoms with van der Waals surface area (Å²) in [5.41, 5.74) is 1.09. The second kappa shape index (κ2) is 6.28. The zero-order valence-electron chi connectivity index (χ0n) is 13.3. The van der Waals surface area contributed by atoms with Gasteiger partial charge in [-0.1, -0.05) is 6.92 Å². The first-order chi connectivity index (χ1) is 11.4. The minimum absolute atomic E-state index is 0.0626. The van der Waals surface area contributed by atoms with Gasteiger partial charge in [0, 0.05) is 18.8 Å². The van der Waals surface area contributed by atoms with Crippen molar-refractivity contribution in [2.45, 2.75) is 23.1 Å². The first-order valence-electron chi connectivity index (χ1n) is 7.85. The van der Waals surface area contributed by atoms with E-state index in [0.717, 1.165) is 31.1 Å². The Labute approximate surface area is 141 Å². The molecule has 0 aromatic heterocycles. The van der Waals surface area contributed by atoms with Gasteiger partial charge in [0.2, 0.25) is 9.84 Å². The number of carboxylic acids is 1. The lowest BCUT2D eigenvalue weighted by Gasteiger charge is -2.40. The number of hydrogen-bond donors (Lipinski definition) is 1. The second-order valence-electron chi connectivity index (χ2n) is 6.01. The largest absolute Gasteiger partial charge is 0.478 e. The van der Waals surface area contributed by atoms with Gasteiger partial charge < -0.3 is 10.0 Å². The molecule has 1 fully saturated rings. The predicted molar refractivity (Wildman–Crippen MR) is 91.3 cm³/mol. The van der Waals surface area contributed by atoms with Crippen molar-refractivity contribution in [1.29, 1.82) is 0 Å². The van der Waals surface area contributed by atoms with Gasteiger partial charge in [0.1, 0.15) is 0 Å². The van der Waals surface area contributed by atoms with Crippen LogP contribution in [0.1, 0.15) is 23.7 Å². The van der Waals surface area contributed by atoms with Gasteiger partial charge in [-0.15, -0.1) is 0 Å². The topological polar surface area (TPSA) is 74.7 Å². The van der Waals surface area contributed by atoms with Gasteiger partial charge in [0.05, 0.1) is 15.4 Å². The minimum atomic E-state index is -3.64. The Morgan fingerprint density at radius 3 is 2.00 bits per heavy atom. The van der Waals surface area contributed by atoms with Crippen LogP contribution in [-0.2, 0) is 9.84 Å². The molecule has 5 nitrogen and oxygen atoms in total. The van der Waals surface area contributed by atoms with Crippen LogP contribution in [0.15, 0.2) is 58.3 Å². The molecule has 126 valence electrons. The Kier molecular flexibility index (Phi) is 4.32. The number of sulfone groups is 1. The highest BCUT2D eigenvalue weighted by Gasteiger charge is 2.25. The van der Waals surface area contributed by atoms with Crippen molar-refractivity contribution in [2.24, 2.45) is 5.92 Å². The minimum Gasteiger partial charge on any atom is -0.478 e. The van der Waals surface area contributed by atoms with E-state index in [4.69, 9.17) is 5.11 Å². The van der Waals surface area contributed by atoms with Gasteiger partial charge in [-0.2, -0.15) is 0 Å². The number of anilines is 1. The summed E-state index contributed by atoms with van der Waals surface area (Å²) in [4.78, 5) is 13.4. The van der Waals surface area contributed by atoms with Crippen LogP contribution in [0.4, 0.5) is 5.69 Å². The molecule has 1 N–H and O–H groups in total. The molecule has 0 bridgehead atoms. The van der Waals surface area contributed by atoms with E-state index in [1.54, 1.807) is 12.1 Å². The van der Waals surface area contributed by atoms with E-state index in [1.165, 1.54) is 24.3 Å². The maximum absolute atomic E-state index is 12.6. The summed E-state index contributed by atoms with van der Waals surface area (Å²) in [5.74, 6) is -0.357. The molecule has 1 aliphatic rings. The molecule has 0 atom stereocenters. The molecule has 0 amide bonds. The van der Waals surface area contributed by atoms with E-state index >= 15 is 0 Å². The summed E-state index contributed by atoms with van der Waals surface area (Å²) < 4.78 is 25.2. The molecule has 1 aliphatic heterocycles. The zero-order chi connectivity index (χ0) is 17.3. The average molecular weight is 345 g/mol. The van der Waals surface area contributed by atoms with E-state index in [2.05, 4.69) is 11.8 Å². The molecule has 0 radical (unpaired) electrons. The van der Waals surface area contributed by atoms with E-state index in [0.29, 0.717) is 0 Å². The Bertz CT molecular complexity index is 836. The highest BCUT2D eigenvalue weighted by atomic mass is 32.2. The molecule has 6 heteroatoms. The maximum Gasteiger partial charge on any atom is 0.335 e. The molecule has 0 unspecified atom stereocenters. The summed E-state index contributed by atoms with van der Waals surface area (Å²) >= 11 is 0. The fourth-order valence-electron chi connectivity index (χ4n) is 2.79. The standard InChI is InChI=1S/C18H19NO4S/c1-2-13-11-19(12-13)15-5-9-17(10-6-15)24(22,23)16-7-3-14(4-8-16)18(20)21/h3-10,13H,2,11-12H2,1H3,(H,20,21). The van der Waals surface area contributed by atoms with Gasteiger partial charge in [0.15, 0.2) is 0 Å². The quantitative estimate of drug-likeness (QED) is 0.901. The summed E-state index contributed by atoms with van der Waals surface area (Å²) in [7, 11) is -3.64. The number of benzene rings is 2.